The fourth-order valence-corrected chi connectivity index (χ4v) is 1.85. The standard InChI is InChI=1S/C15H20N4O2/c1-4-12-9-13(21-18-12)10-19(3)11(2)15(20)17-14-7-5-6-8-16-14/h5-9,11H,4,10H2,1-3H3,(H,16,17,20)/t11-/m1/s1. The van der Waals surface area contributed by atoms with Gasteiger partial charge in [0.15, 0.2) is 5.76 Å². The summed E-state index contributed by atoms with van der Waals surface area (Å²) in [4.78, 5) is 18.1. The molecule has 0 aliphatic rings. The molecule has 2 aromatic heterocycles. The lowest BCUT2D eigenvalue weighted by molar-refractivity contribution is -0.120. The second-order valence-corrected chi connectivity index (χ2v) is 4.93. The average Bonchev–Trinajstić information content (AvgIpc) is 2.95. The van der Waals surface area contributed by atoms with Gasteiger partial charge in [-0.3, -0.25) is 9.69 Å². The number of amides is 1. The van der Waals surface area contributed by atoms with Crippen molar-refractivity contribution in [1.29, 1.82) is 0 Å². The number of nitrogens with one attached hydrogen (secondary N) is 1. The van der Waals surface area contributed by atoms with Crippen molar-refractivity contribution in [2.24, 2.45) is 0 Å². The van der Waals surface area contributed by atoms with E-state index in [0.29, 0.717) is 12.4 Å². The number of pyridine rings is 1. The van der Waals surface area contributed by atoms with Gasteiger partial charge < -0.3 is 9.84 Å². The molecule has 2 aromatic rings. The van der Waals surface area contributed by atoms with Crippen LogP contribution in [0, 0.1) is 0 Å². The predicted octanol–water partition coefficient (Wildman–Crippen LogP) is 2.09. The molecule has 0 bridgehead atoms. The Balaban J connectivity index is 1.92. The molecule has 1 amide bonds. The highest BCUT2D eigenvalue weighted by Gasteiger charge is 2.20. The highest BCUT2D eigenvalue weighted by molar-refractivity contribution is 5.93. The zero-order chi connectivity index (χ0) is 15.2. The molecule has 0 spiro atoms. The first-order valence-electron chi connectivity index (χ1n) is 6.96. The van der Waals surface area contributed by atoms with Crippen molar-refractivity contribution in [3.05, 3.63) is 41.9 Å². The van der Waals surface area contributed by atoms with Crippen LogP contribution in [0.25, 0.3) is 0 Å². The number of hydrogen-bond donors (Lipinski definition) is 1. The maximum absolute atomic E-state index is 12.2. The van der Waals surface area contributed by atoms with E-state index in [0.717, 1.165) is 17.9 Å². The number of anilines is 1. The van der Waals surface area contributed by atoms with E-state index in [4.69, 9.17) is 4.52 Å². The van der Waals surface area contributed by atoms with Gasteiger partial charge in [-0.25, -0.2) is 4.98 Å². The molecule has 0 fully saturated rings. The number of carbonyl (C=O) groups is 1. The summed E-state index contributed by atoms with van der Waals surface area (Å²) in [6.45, 7) is 4.40. The molecule has 112 valence electrons. The number of nitrogens with zero attached hydrogens (tertiary/aromatic N) is 3. The van der Waals surface area contributed by atoms with E-state index < -0.39 is 0 Å². The number of likely N-dealkylation sites (N-methyl/N-ethyl adjacent to an activating group) is 1. The average molecular weight is 288 g/mol. The Kier molecular flexibility index (Phi) is 5.05. The van der Waals surface area contributed by atoms with Gasteiger partial charge >= 0.3 is 0 Å². The quantitative estimate of drug-likeness (QED) is 0.881. The molecular weight excluding hydrogens is 268 g/mol. The summed E-state index contributed by atoms with van der Waals surface area (Å²) < 4.78 is 5.24. The van der Waals surface area contributed by atoms with E-state index in [-0.39, 0.29) is 11.9 Å². The summed E-state index contributed by atoms with van der Waals surface area (Å²) in [6, 6.07) is 7.01. The minimum Gasteiger partial charge on any atom is -0.360 e. The van der Waals surface area contributed by atoms with Gasteiger partial charge in [-0.2, -0.15) is 0 Å². The van der Waals surface area contributed by atoms with Crippen LogP contribution in [0.2, 0.25) is 0 Å². The largest absolute Gasteiger partial charge is 0.360 e. The molecule has 6 heteroatoms. The molecule has 0 aromatic carbocycles. The normalized spacial score (nSPS) is 12.4. The van der Waals surface area contributed by atoms with Crippen molar-refractivity contribution in [3.8, 4) is 0 Å². The van der Waals surface area contributed by atoms with E-state index >= 15 is 0 Å². The Morgan fingerprint density at radius 2 is 2.29 bits per heavy atom. The van der Waals surface area contributed by atoms with Gasteiger partial charge in [0, 0.05) is 12.3 Å². The van der Waals surface area contributed by atoms with Crippen LogP contribution in [-0.4, -0.2) is 34.0 Å². The molecule has 0 unspecified atom stereocenters. The first-order chi connectivity index (χ1) is 10.1. The highest BCUT2D eigenvalue weighted by Crippen LogP contribution is 2.10. The number of aromatic nitrogens is 2. The minimum atomic E-state index is -0.304. The zero-order valence-electron chi connectivity index (χ0n) is 12.5. The fourth-order valence-electron chi connectivity index (χ4n) is 1.85. The smallest absolute Gasteiger partial charge is 0.242 e. The Morgan fingerprint density at radius 1 is 1.48 bits per heavy atom. The lowest BCUT2D eigenvalue weighted by atomic mass is 10.2. The molecule has 0 saturated carbocycles. The van der Waals surface area contributed by atoms with Crippen LogP contribution in [0.15, 0.2) is 35.0 Å². The summed E-state index contributed by atoms with van der Waals surface area (Å²) in [6.07, 6.45) is 2.48. The van der Waals surface area contributed by atoms with Crippen LogP contribution >= 0.6 is 0 Å². The van der Waals surface area contributed by atoms with Crippen molar-refractivity contribution >= 4 is 11.7 Å². The number of rotatable bonds is 6. The maximum Gasteiger partial charge on any atom is 0.242 e. The third-order valence-corrected chi connectivity index (χ3v) is 3.33. The first kappa shape index (κ1) is 15.2. The van der Waals surface area contributed by atoms with Gasteiger partial charge in [-0.05, 0) is 32.5 Å². The van der Waals surface area contributed by atoms with Crippen molar-refractivity contribution in [3.63, 3.8) is 0 Å². The summed E-state index contributed by atoms with van der Waals surface area (Å²) >= 11 is 0. The first-order valence-corrected chi connectivity index (χ1v) is 6.96. The Labute approximate surface area is 124 Å². The van der Waals surface area contributed by atoms with Gasteiger partial charge in [0.1, 0.15) is 5.82 Å². The van der Waals surface area contributed by atoms with Crippen LogP contribution in [0.3, 0.4) is 0 Å². The summed E-state index contributed by atoms with van der Waals surface area (Å²) in [5, 5.41) is 6.73. The monoisotopic (exact) mass is 288 g/mol. The van der Waals surface area contributed by atoms with E-state index in [1.807, 2.05) is 37.9 Å². The molecule has 6 nitrogen and oxygen atoms in total. The molecule has 0 aliphatic heterocycles. The lowest BCUT2D eigenvalue weighted by Crippen LogP contribution is -2.39. The summed E-state index contributed by atoms with van der Waals surface area (Å²) in [7, 11) is 1.87. The maximum atomic E-state index is 12.2. The molecule has 0 aliphatic carbocycles. The summed E-state index contributed by atoms with van der Waals surface area (Å²) in [5.41, 5.74) is 0.920. The fraction of sp³-hybridized carbons (Fsp3) is 0.400. The zero-order valence-corrected chi connectivity index (χ0v) is 12.5. The van der Waals surface area contributed by atoms with Crippen molar-refractivity contribution in [2.45, 2.75) is 32.9 Å². The SMILES string of the molecule is CCc1cc(CN(C)[C@H](C)C(=O)Nc2ccccn2)on1. The molecule has 1 atom stereocenters. The van der Waals surface area contributed by atoms with Crippen LogP contribution in [0.1, 0.15) is 25.3 Å². The van der Waals surface area contributed by atoms with Crippen molar-refractivity contribution in [1.82, 2.24) is 15.0 Å². The third kappa shape index (κ3) is 4.13. The Hall–Kier alpha value is -2.21. The molecule has 21 heavy (non-hydrogen) atoms. The predicted molar refractivity (Wildman–Crippen MR) is 79.7 cm³/mol. The molecule has 1 N–H and O–H groups in total. The van der Waals surface area contributed by atoms with Gasteiger partial charge in [0.25, 0.3) is 0 Å². The second kappa shape index (κ2) is 6.99. The van der Waals surface area contributed by atoms with Crippen LogP contribution in [0.5, 0.6) is 0 Å². The highest BCUT2D eigenvalue weighted by atomic mass is 16.5. The molecule has 2 rings (SSSR count). The van der Waals surface area contributed by atoms with Crippen molar-refractivity contribution in [2.75, 3.05) is 12.4 Å². The molecular formula is C15H20N4O2. The number of hydrogen-bond acceptors (Lipinski definition) is 5. The Bertz CT molecular complexity index is 582. The number of carbonyl (C=O) groups excluding carboxylic acids is 1. The van der Waals surface area contributed by atoms with Gasteiger partial charge in [0.05, 0.1) is 18.3 Å². The van der Waals surface area contributed by atoms with Gasteiger partial charge in [-0.1, -0.05) is 18.1 Å². The lowest BCUT2D eigenvalue weighted by Gasteiger charge is -2.22. The van der Waals surface area contributed by atoms with Gasteiger partial charge in [0.2, 0.25) is 5.91 Å². The third-order valence-electron chi connectivity index (χ3n) is 3.33. The molecule has 0 radical (unpaired) electrons. The number of aryl methyl sites for hydroxylation is 1. The van der Waals surface area contributed by atoms with Gasteiger partial charge in [-0.15, -0.1) is 0 Å². The van der Waals surface area contributed by atoms with E-state index in [2.05, 4.69) is 15.5 Å². The van der Waals surface area contributed by atoms with Crippen LogP contribution < -0.4 is 5.32 Å². The van der Waals surface area contributed by atoms with E-state index in [1.54, 1.807) is 18.3 Å². The minimum absolute atomic E-state index is 0.105. The molecule has 0 saturated heterocycles. The van der Waals surface area contributed by atoms with Crippen LogP contribution in [0.4, 0.5) is 5.82 Å². The Morgan fingerprint density at radius 3 is 2.90 bits per heavy atom. The summed E-state index contributed by atoms with van der Waals surface area (Å²) in [5.74, 6) is 1.20. The molecule has 2 heterocycles. The van der Waals surface area contributed by atoms with Crippen molar-refractivity contribution < 1.29 is 9.32 Å². The van der Waals surface area contributed by atoms with E-state index in [9.17, 15) is 4.79 Å². The van der Waals surface area contributed by atoms with E-state index in [1.165, 1.54) is 0 Å². The van der Waals surface area contributed by atoms with Crippen LogP contribution in [-0.2, 0) is 17.8 Å². The topological polar surface area (TPSA) is 71.3 Å². The second-order valence-electron chi connectivity index (χ2n) is 4.93.